The van der Waals surface area contributed by atoms with Gasteiger partial charge in [0.1, 0.15) is 11.8 Å². The third-order valence-corrected chi connectivity index (χ3v) is 7.36. The van der Waals surface area contributed by atoms with Crippen LogP contribution in [0.25, 0.3) is 5.65 Å². The van der Waals surface area contributed by atoms with Gasteiger partial charge in [-0.3, -0.25) is 13.9 Å². The number of imidazole rings is 1. The molecule has 3 aromatic rings. The summed E-state index contributed by atoms with van der Waals surface area (Å²) in [5.74, 6) is -0.743. The number of fused-ring (bicyclic) bond motifs is 1. The molecule has 0 radical (unpaired) electrons. The smallest absolute Gasteiger partial charge is 0.349 e. The number of hydrogen-bond donors (Lipinski definition) is 1. The second-order valence-corrected chi connectivity index (χ2v) is 9.77. The first-order valence-corrected chi connectivity index (χ1v) is 11.5. The van der Waals surface area contributed by atoms with Gasteiger partial charge in [0.15, 0.2) is 5.69 Å². The first kappa shape index (κ1) is 22.7. The Labute approximate surface area is 184 Å². The molecule has 6 nitrogen and oxygen atoms in total. The second-order valence-electron chi connectivity index (χ2n) is 8.15. The lowest BCUT2D eigenvalue weighted by Crippen LogP contribution is -2.38. The normalized spacial score (nSPS) is 20.8. The average molecular weight is 469 g/mol. The van der Waals surface area contributed by atoms with E-state index >= 15 is 0 Å². The van der Waals surface area contributed by atoms with Gasteiger partial charge in [0.25, 0.3) is 5.91 Å². The summed E-state index contributed by atoms with van der Waals surface area (Å²) in [6.07, 6.45) is 0.0999. The highest BCUT2D eigenvalue weighted by Gasteiger charge is 2.39. The van der Waals surface area contributed by atoms with Gasteiger partial charge in [0.2, 0.25) is 0 Å². The number of aryl methyl sites for hydroxylation is 1. The number of pyridine rings is 1. The summed E-state index contributed by atoms with van der Waals surface area (Å²) in [4.78, 5) is 16.8. The van der Waals surface area contributed by atoms with Crippen molar-refractivity contribution in [2.45, 2.75) is 56.7 Å². The molecule has 0 bridgehead atoms. The minimum absolute atomic E-state index is 0.173. The molecule has 3 heterocycles. The van der Waals surface area contributed by atoms with Gasteiger partial charge in [-0.2, -0.15) is 18.3 Å². The molecule has 1 N–H and O–H groups in total. The quantitative estimate of drug-likeness (QED) is 0.451. The molecule has 3 aromatic heterocycles. The van der Waals surface area contributed by atoms with E-state index in [0.717, 1.165) is 29.2 Å². The Morgan fingerprint density at radius 1 is 1.22 bits per heavy atom. The predicted molar refractivity (Wildman–Crippen MR) is 114 cm³/mol. The van der Waals surface area contributed by atoms with Crippen molar-refractivity contribution >= 4 is 25.6 Å². The van der Waals surface area contributed by atoms with Crippen molar-refractivity contribution in [3.05, 3.63) is 47.5 Å². The van der Waals surface area contributed by atoms with Gasteiger partial charge in [0, 0.05) is 30.9 Å². The summed E-state index contributed by atoms with van der Waals surface area (Å²) in [6, 6.07) is 5.59. The van der Waals surface area contributed by atoms with Crippen molar-refractivity contribution in [2.24, 2.45) is 7.05 Å². The first-order chi connectivity index (χ1) is 15.1. The van der Waals surface area contributed by atoms with E-state index in [9.17, 15) is 22.4 Å². The summed E-state index contributed by atoms with van der Waals surface area (Å²) in [6.45, 7) is 1.46. The number of carbonyl (C=O) groups is 1. The summed E-state index contributed by atoms with van der Waals surface area (Å²) < 4.78 is 56.0. The zero-order chi connectivity index (χ0) is 23.0. The average Bonchev–Trinajstić information content (AvgIpc) is 3.34. The summed E-state index contributed by atoms with van der Waals surface area (Å²) in [5, 5.41) is 6.14. The zero-order valence-electron chi connectivity index (χ0n) is 17.7. The Balaban J connectivity index is 1.37. The SMILES string of the molecule is CC(F)c1cn2c(PC3CCC(NC(=O)c4cn(C)nc4C(F)(F)F)CC3)cccc2n1. The number of aromatic nitrogens is 4. The van der Waals surface area contributed by atoms with E-state index in [0.29, 0.717) is 38.4 Å². The van der Waals surface area contributed by atoms with Crippen LogP contribution in [-0.2, 0) is 13.2 Å². The van der Waals surface area contributed by atoms with Crippen LogP contribution in [0.3, 0.4) is 0 Å². The van der Waals surface area contributed by atoms with Gasteiger partial charge in [-0.25, -0.2) is 9.37 Å². The standard InChI is InChI=1S/C21H24F4N5OP/c1-12(22)16-11-30-17(27-16)4-3-5-18(30)32-14-8-6-13(7-9-14)26-20(31)15-10-29(2)28-19(15)21(23,24)25/h3-5,10-14,32H,6-9H2,1-2H3,(H,26,31). The summed E-state index contributed by atoms with van der Waals surface area (Å²) in [7, 11) is 1.85. The maximum atomic E-state index is 13.6. The molecular formula is C21H24F4N5OP. The lowest BCUT2D eigenvalue weighted by Gasteiger charge is -2.29. The largest absolute Gasteiger partial charge is 0.435 e. The van der Waals surface area contributed by atoms with Gasteiger partial charge in [0.05, 0.1) is 11.3 Å². The lowest BCUT2D eigenvalue weighted by atomic mass is 9.94. The van der Waals surface area contributed by atoms with E-state index in [4.69, 9.17) is 0 Å². The van der Waals surface area contributed by atoms with Crippen LogP contribution < -0.4 is 10.8 Å². The number of carbonyl (C=O) groups excluding carboxylic acids is 1. The molecule has 0 aromatic carbocycles. The number of nitrogens with zero attached hydrogens (tertiary/aromatic N) is 4. The minimum atomic E-state index is -4.68. The topological polar surface area (TPSA) is 64.2 Å². The molecular weight excluding hydrogens is 445 g/mol. The number of hydrogen-bond acceptors (Lipinski definition) is 3. The van der Waals surface area contributed by atoms with E-state index in [2.05, 4.69) is 15.4 Å². The molecule has 11 heteroatoms. The lowest BCUT2D eigenvalue weighted by molar-refractivity contribution is -0.141. The Kier molecular flexibility index (Phi) is 6.25. The number of amides is 1. The maximum Gasteiger partial charge on any atom is 0.435 e. The summed E-state index contributed by atoms with van der Waals surface area (Å²) >= 11 is 0. The van der Waals surface area contributed by atoms with E-state index < -0.39 is 29.5 Å². The number of rotatable bonds is 5. The van der Waals surface area contributed by atoms with Crippen molar-refractivity contribution in [1.29, 1.82) is 0 Å². The molecule has 0 saturated heterocycles. The van der Waals surface area contributed by atoms with Crippen LogP contribution in [0.5, 0.6) is 0 Å². The highest BCUT2D eigenvalue weighted by Crippen LogP contribution is 2.34. The Hall–Kier alpha value is -2.48. The van der Waals surface area contributed by atoms with Crippen LogP contribution in [0.2, 0.25) is 0 Å². The van der Waals surface area contributed by atoms with Crippen molar-refractivity contribution < 1.29 is 22.4 Å². The minimum Gasteiger partial charge on any atom is -0.349 e. The molecule has 32 heavy (non-hydrogen) atoms. The number of halogens is 4. The van der Waals surface area contributed by atoms with Gasteiger partial charge in [-0.1, -0.05) is 14.6 Å². The molecule has 1 aliphatic carbocycles. The van der Waals surface area contributed by atoms with Crippen LogP contribution in [-0.4, -0.2) is 36.8 Å². The highest BCUT2D eigenvalue weighted by atomic mass is 31.1. The molecule has 1 saturated carbocycles. The van der Waals surface area contributed by atoms with Crippen molar-refractivity contribution in [1.82, 2.24) is 24.5 Å². The fourth-order valence-corrected chi connectivity index (χ4v) is 5.61. The Bertz CT molecular complexity index is 1120. The Morgan fingerprint density at radius 3 is 2.59 bits per heavy atom. The first-order valence-electron chi connectivity index (χ1n) is 10.4. The molecule has 1 aliphatic rings. The molecule has 1 fully saturated rings. The van der Waals surface area contributed by atoms with Crippen LogP contribution in [0, 0.1) is 0 Å². The molecule has 4 rings (SSSR count). The van der Waals surface area contributed by atoms with Gasteiger partial charge in [-0.15, -0.1) is 0 Å². The summed E-state index contributed by atoms with van der Waals surface area (Å²) in [5.41, 5.74) is 0.970. The van der Waals surface area contributed by atoms with Crippen molar-refractivity contribution in [3.63, 3.8) is 0 Å². The van der Waals surface area contributed by atoms with Crippen LogP contribution in [0.15, 0.2) is 30.6 Å². The third-order valence-electron chi connectivity index (χ3n) is 5.67. The number of alkyl halides is 4. The second kappa shape index (κ2) is 8.81. The molecule has 0 spiro atoms. The zero-order valence-corrected chi connectivity index (χ0v) is 18.7. The van der Waals surface area contributed by atoms with E-state index in [1.807, 2.05) is 22.6 Å². The van der Waals surface area contributed by atoms with Crippen LogP contribution in [0.4, 0.5) is 17.6 Å². The van der Waals surface area contributed by atoms with E-state index in [1.165, 1.54) is 14.0 Å². The van der Waals surface area contributed by atoms with Gasteiger partial charge >= 0.3 is 6.18 Å². The van der Waals surface area contributed by atoms with E-state index in [1.54, 1.807) is 6.20 Å². The molecule has 2 unspecified atom stereocenters. The molecule has 0 aliphatic heterocycles. The Morgan fingerprint density at radius 2 is 1.94 bits per heavy atom. The van der Waals surface area contributed by atoms with Crippen LogP contribution in [0.1, 0.15) is 60.5 Å². The van der Waals surface area contributed by atoms with Crippen LogP contribution >= 0.6 is 8.58 Å². The van der Waals surface area contributed by atoms with Gasteiger partial charge < -0.3 is 5.32 Å². The van der Waals surface area contributed by atoms with Gasteiger partial charge in [-0.05, 0) is 50.4 Å². The fraction of sp³-hybridized carbons (Fsp3) is 0.476. The highest BCUT2D eigenvalue weighted by molar-refractivity contribution is 7.47. The predicted octanol–water partition coefficient (Wildman–Crippen LogP) is 4.16. The van der Waals surface area contributed by atoms with Crippen molar-refractivity contribution in [3.8, 4) is 0 Å². The molecule has 2 atom stereocenters. The van der Waals surface area contributed by atoms with E-state index in [-0.39, 0.29) is 6.04 Å². The van der Waals surface area contributed by atoms with Crippen molar-refractivity contribution in [2.75, 3.05) is 0 Å². The maximum absolute atomic E-state index is 13.6. The third kappa shape index (κ3) is 4.80. The fourth-order valence-electron chi connectivity index (χ4n) is 4.06. The molecule has 1 amide bonds. The monoisotopic (exact) mass is 469 g/mol. The molecule has 172 valence electrons. The number of nitrogens with one attached hydrogen (secondary N) is 1.